The highest BCUT2D eigenvalue weighted by Gasteiger charge is 1.99. The van der Waals surface area contributed by atoms with Gasteiger partial charge >= 0.3 is 0 Å². The van der Waals surface area contributed by atoms with Crippen molar-refractivity contribution in [2.75, 3.05) is 11.9 Å². The van der Waals surface area contributed by atoms with E-state index in [1.54, 1.807) is 12.1 Å². The molecule has 1 aromatic rings. The zero-order valence-electron chi connectivity index (χ0n) is 9.29. The Bertz CT molecular complexity index is 317. The van der Waals surface area contributed by atoms with E-state index in [-0.39, 0.29) is 5.91 Å². The molecule has 1 amide bonds. The number of amides is 1. The van der Waals surface area contributed by atoms with Gasteiger partial charge in [0.05, 0.1) is 0 Å². The predicted octanol–water partition coefficient (Wildman–Crippen LogP) is 2.24. The van der Waals surface area contributed by atoms with Crippen molar-refractivity contribution in [3.05, 3.63) is 29.8 Å². The Morgan fingerprint density at radius 2 is 1.93 bits per heavy atom. The van der Waals surface area contributed by atoms with Gasteiger partial charge in [-0.2, -0.15) is 0 Å². The van der Waals surface area contributed by atoms with Crippen molar-refractivity contribution in [1.29, 1.82) is 0 Å². The van der Waals surface area contributed by atoms with Gasteiger partial charge in [-0.3, -0.25) is 4.79 Å². The average Bonchev–Trinajstić information content (AvgIpc) is 2.18. The molecule has 0 heterocycles. The third kappa shape index (κ3) is 4.02. The minimum Gasteiger partial charge on any atom is -0.385 e. The zero-order valence-corrected chi connectivity index (χ0v) is 9.29. The summed E-state index contributed by atoms with van der Waals surface area (Å²) in [5.41, 5.74) is 6.72. The van der Waals surface area contributed by atoms with E-state index in [1.165, 1.54) is 0 Å². The van der Waals surface area contributed by atoms with E-state index in [0.717, 1.165) is 18.7 Å². The van der Waals surface area contributed by atoms with Crippen LogP contribution in [0.5, 0.6) is 0 Å². The molecule has 3 nitrogen and oxygen atoms in total. The molecule has 0 unspecified atom stereocenters. The molecular formula is C12H18N2O. The minimum absolute atomic E-state index is 0.385. The molecule has 0 aliphatic rings. The Morgan fingerprint density at radius 3 is 2.40 bits per heavy atom. The second kappa shape index (κ2) is 5.39. The van der Waals surface area contributed by atoms with Gasteiger partial charge in [0.1, 0.15) is 0 Å². The Hall–Kier alpha value is -1.51. The quantitative estimate of drug-likeness (QED) is 0.776. The molecule has 0 saturated heterocycles. The number of hydrogen-bond donors (Lipinski definition) is 2. The van der Waals surface area contributed by atoms with Crippen LogP contribution in [0.3, 0.4) is 0 Å². The van der Waals surface area contributed by atoms with Crippen LogP contribution in [-0.4, -0.2) is 12.5 Å². The number of hydrogen-bond acceptors (Lipinski definition) is 2. The molecule has 1 aromatic carbocycles. The van der Waals surface area contributed by atoms with Crippen molar-refractivity contribution in [2.24, 2.45) is 11.7 Å². The highest BCUT2D eigenvalue weighted by atomic mass is 16.1. The first-order chi connectivity index (χ1) is 7.09. The molecule has 82 valence electrons. The first kappa shape index (κ1) is 11.6. The Kier molecular flexibility index (Phi) is 4.16. The number of anilines is 1. The number of primary amides is 1. The fourth-order valence-electron chi connectivity index (χ4n) is 1.26. The number of nitrogens with two attached hydrogens (primary N) is 1. The van der Waals surface area contributed by atoms with Gasteiger partial charge in [0.15, 0.2) is 0 Å². The number of carbonyl (C=O) groups is 1. The fourth-order valence-corrected chi connectivity index (χ4v) is 1.26. The van der Waals surface area contributed by atoms with Gasteiger partial charge in [-0.1, -0.05) is 13.8 Å². The Labute approximate surface area is 90.7 Å². The summed E-state index contributed by atoms with van der Waals surface area (Å²) in [7, 11) is 0. The lowest BCUT2D eigenvalue weighted by atomic mass is 10.1. The summed E-state index contributed by atoms with van der Waals surface area (Å²) in [6, 6.07) is 7.22. The molecular weight excluding hydrogens is 188 g/mol. The summed E-state index contributed by atoms with van der Waals surface area (Å²) in [6.07, 6.45) is 1.14. The molecule has 0 aliphatic heterocycles. The van der Waals surface area contributed by atoms with Crippen LogP contribution in [0.1, 0.15) is 30.6 Å². The number of rotatable bonds is 5. The van der Waals surface area contributed by atoms with Crippen LogP contribution < -0.4 is 11.1 Å². The number of benzene rings is 1. The summed E-state index contributed by atoms with van der Waals surface area (Å²) < 4.78 is 0. The maximum absolute atomic E-state index is 10.8. The Balaban J connectivity index is 2.46. The summed E-state index contributed by atoms with van der Waals surface area (Å²) in [4.78, 5) is 10.8. The molecule has 0 atom stereocenters. The Morgan fingerprint density at radius 1 is 1.33 bits per heavy atom. The van der Waals surface area contributed by atoms with Gasteiger partial charge in [-0.15, -0.1) is 0 Å². The highest BCUT2D eigenvalue weighted by Crippen LogP contribution is 2.09. The van der Waals surface area contributed by atoms with Gasteiger partial charge in [0, 0.05) is 17.8 Å². The van der Waals surface area contributed by atoms with Crippen LogP contribution in [0.2, 0.25) is 0 Å². The van der Waals surface area contributed by atoms with E-state index >= 15 is 0 Å². The summed E-state index contributed by atoms with van der Waals surface area (Å²) >= 11 is 0. The maximum Gasteiger partial charge on any atom is 0.248 e. The van der Waals surface area contributed by atoms with Crippen molar-refractivity contribution in [3.63, 3.8) is 0 Å². The lowest BCUT2D eigenvalue weighted by Gasteiger charge is -2.08. The summed E-state index contributed by atoms with van der Waals surface area (Å²) in [5, 5.41) is 3.29. The largest absolute Gasteiger partial charge is 0.385 e. The van der Waals surface area contributed by atoms with Gasteiger partial charge in [-0.05, 0) is 36.6 Å². The number of nitrogens with one attached hydrogen (secondary N) is 1. The van der Waals surface area contributed by atoms with Crippen molar-refractivity contribution >= 4 is 11.6 Å². The fraction of sp³-hybridized carbons (Fsp3) is 0.417. The first-order valence-corrected chi connectivity index (χ1v) is 5.23. The average molecular weight is 206 g/mol. The predicted molar refractivity (Wildman–Crippen MR) is 62.9 cm³/mol. The molecule has 15 heavy (non-hydrogen) atoms. The molecule has 0 radical (unpaired) electrons. The smallest absolute Gasteiger partial charge is 0.248 e. The van der Waals surface area contributed by atoms with Crippen LogP contribution in [0.25, 0.3) is 0 Å². The van der Waals surface area contributed by atoms with Gasteiger partial charge in [0.2, 0.25) is 5.91 Å². The molecule has 0 aromatic heterocycles. The lowest BCUT2D eigenvalue weighted by molar-refractivity contribution is 0.100. The van der Waals surface area contributed by atoms with Crippen molar-refractivity contribution in [3.8, 4) is 0 Å². The van der Waals surface area contributed by atoms with Gasteiger partial charge < -0.3 is 11.1 Å². The monoisotopic (exact) mass is 206 g/mol. The third-order valence-corrected chi connectivity index (χ3v) is 2.22. The van der Waals surface area contributed by atoms with E-state index in [4.69, 9.17) is 5.73 Å². The molecule has 0 spiro atoms. The molecule has 0 bridgehead atoms. The van der Waals surface area contributed by atoms with E-state index in [9.17, 15) is 4.79 Å². The van der Waals surface area contributed by atoms with Crippen LogP contribution in [0.4, 0.5) is 5.69 Å². The lowest BCUT2D eigenvalue weighted by Crippen LogP contribution is -2.11. The second-order valence-electron chi connectivity index (χ2n) is 4.05. The molecule has 0 aliphatic carbocycles. The summed E-state index contributed by atoms with van der Waals surface area (Å²) in [5.74, 6) is 0.311. The van der Waals surface area contributed by atoms with Gasteiger partial charge in [0.25, 0.3) is 0 Å². The number of carbonyl (C=O) groups excluding carboxylic acids is 1. The van der Waals surface area contributed by atoms with Crippen molar-refractivity contribution in [2.45, 2.75) is 20.3 Å². The van der Waals surface area contributed by atoms with Crippen LogP contribution in [-0.2, 0) is 0 Å². The third-order valence-electron chi connectivity index (χ3n) is 2.22. The summed E-state index contributed by atoms with van der Waals surface area (Å²) in [6.45, 7) is 5.34. The highest BCUT2D eigenvalue weighted by molar-refractivity contribution is 5.93. The zero-order chi connectivity index (χ0) is 11.3. The molecule has 0 saturated carbocycles. The normalized spacial score (nSPS) is 10.3. The van der Waals surface area contributed by atoms with Crippen molar-refractivity contribution < 1.29 is 4.79 Å². The van der Waals surface area contributed by atoms with E-state index in [0.29, 0.717) is 11.5 Å². The second-order valence-corrected chi connectivity index (χ2v) is 4.05. The first-order valence-electron chi connectivity index (χ1n) is 5.23. The van der Waals surface area contributed by atoms with E-state index in [1.807, 2.05) is 12.1 Å². The van der Waals surface area contributed by atoms with Crippen LogP contribution in [0, 0.1) is 5.92 Å². The molecule has 3 heteroatoms. The minimum atomic E-state index is -0.385. The molecule has 3 N–H and O–H groups in total. The van der Waals surface area contributed by atoms with Crippen LogP contribution >= 0.6 is 0 Å². The maximum atomic E-state index is 10.8. The molecule has 1 rings (SSSR count). The van der Waals surface area contributed by atoms with E-state index < -0.39 is 0 Å². The van der Waals surface area contributed by atoms with E-state index in [2.05, 4.69) is 19.2 Å². The van der Waals surface area contributed by atoms with Gasteiger partial charge in [-0.25, -0.2) is 0 Å². The van der Waals surface area contributed by atoms with Crippen molar-refractivity contribution in [1.82, 2.24) is 0 Å². The molecule has 0 fully saturated rings. The standard InChI is InChI=1S/C12H18N2O/c1-9(2)7-8-14-11-5-3-10(4-6-11)12(13)15/h3-6,9,14H,7-8H2,1-2H3,(H2,13,15). The topological polar surface area (TPSA) is 55.1 Å². The van der Waals surface area contributed by atoms with Crippen LogP contribution in [0.15, 0.2) is 24.3 Å². The SMILES string of the molecule is CC(C)CCNc1ccc(C(N)=O)cc1.